The number of nitrogens with zero attached hydrogens (tertiary/aromatic N) is 1. The summed E-state index contributed by atoms with van der Waals surface area (Å²) in [4.78, 5) is 4.36. The lowest BCUT2D eigenvalue weighted by atomic mass is 10.7. The first-order valence-corrected chi connectivity index (χ1v) is 1.68. The fourth-order valence-electron chi connectivity index (χ4n) is 0.290. The third kappa shape index (κ3) is 0.502. The molecule has 0 aromatic carbocycles. The molecule has 3 nitrogen and oxygen atoms in total. The summed E-state index contributed by atoms with van der Waals surface area (Å²) in [5, 5.41) is 9.03. The SMILES string of the molecule is ON1CC=CO1. The van der Waals surface area contributed by atoms with Gasteiger partial charge in [-0.05, 0) is 11.3 Å². The molecule has 0 fully saturated rings. The van der Waals surface area contributed by atoms with E-state index in [1.807, 2.05) is 0 Å². The molecule has 6 heavy (non-hydrogen) atoms. The monoisotopic (exact) mass is 87.0 g/mol. The van der Waals surface area contributed by atoms with Crippen LogP contribution in [0.1, 0.15) is 0 Å². The molecule has 1 rings (SSSR count). The average Bonchev–Trinajstić information content (AvgIpc) is 1.86. The Balaban J connectivity index is 2.32. The molecule has 1 aliphatic rings. The van der Waals surface area contributed by atoms with Crippen molar-refractivity contribution in [2.24, 2.45) is 0 Å². The van der Waals surface area contributed by atoms with E-state index in [9.17, 15) is 0 Å². The van der Waals surface area contributed by atoms with Crippen LogP contribution in [0.5, 0.6) is 0 Å². The van der Waals surface area contributed by atoms with Crippen LogP contribution in [0, 0.1) is 0 Å². The molecule has 0 bridgehead atoms. The van der Waals surface area contributed by atoms with Crippen LogP contribution in [-0.2, 0) is 4.84 Å². The molecule has 0 saturated carbocycles. The molecule has 0 unspecified atom stereocenters. The summed E-state index contributed by atoms with van der Waals surface area (Å²) >= 11 is 0. The zero-order valence-electron chi connectivity index (χ0n) is 3.16. The maximum absolute atomic E-state index is 8.28. The number of rotatable bonds is 0. The smallest absolute Gasteiger partial charge is 0.112 e. The van der Waals surface area contributed by atoms with Crippen LogP contribution in [0.3, 0.4) is 0 Å². The van der Waals surface area contributed by atoms with Gasteiger partial charge in [-0.25, -0.2) is 0 Å². The number of hydroxylamine groups is 2. The van der Waals surface area contributed by atoms with Crippen LogP contribution in [0.2, 0.25) is 0 Å². The average molecular weight is 87.1 g/mol. The maximum atomic E-state index is 8.28. The molecule has 0 aromatic rings. The fraction of sp³-hybridized carbons (Fsp3) is 0.333. The summed E-state index contributed by atoms with van der Waals surface area (Å²) in [7, 11) is 0. The van der Waals surface area contributed by atoms with Gasteiger partial charge in [-0.2, -0.15) is 0 Å². The minimum absolute atomic E-state index is 0.472. The van der Waals surface area contributed by atoms with E-state index in [0.717, 1.165) is 5.23 Å². The van der Waals surface area contributed by atoms with E-state index in [2.05, 4.69) is 4.84 Å². The van der Waals surface area contributed by atoms with Crippen molar-refractivity contribution in [3.8, 4) is 0 Å². The summed E-state index contributed by atoms with van der Waals surface area (Å²) in [6.07, 6.45) is 3.14. The second-order valence-corrected chi connectivity index (χ2v) is 1.01. The van der Waals surface area contributed by atoms with E-state index in [0.29, 0.717) is 6.54 Å². The first-order chi connectivity index (χ1) is 2.89. The molecule has 0 saturated heterocycles. The Bertz CT molecular complexity index is 63.2. The predicted molar refractivity (Wildman–Crippen MR) is 18.7 cm³/mol. The van der Waals surface area contributed by atoms with Crippen molar-refractivity contribution in [2.45, 2.75) is 0 Å². The van der Waals surface area contributed by atoms with Crippen LogP contribution in [0.4, 0.5) is 0 Å². The predicted octanol–water partition coefficient (Wildman–Crippen LogP) is 0.137. The second kappa shape index (κ2) is 1.28. The first-order valence-electron chi connectivity index (χ1n) is 1.68. The van der Waals surface area contributed by atoms with Gasteiger partial charge in [-0.3, -0.25) is 5.21 Å². The summed E-state index contributed by atoms with van der Waals surface area (Å²) in [5.74, 6) is 0. The number of hydrogen-bond donors (Lipinski definition) is 1. The quantitative estimate of drug-likeness (QED) is 0.456. The Morgan fingerprint density at radius 1 is 1.83 bits per heavy atom. The summed E-state index contributed by atoms with van der Waals surface area (Å²) < 4.78 is 0. The molecule has 0 aromatic heterocycles. The normalized spacial score (nSPS) is 21.5. The Hall–Kier alpha value is -0.540. The summed E-state index contributed by atoms with van der Waals surface area (Å²) in [5.41, 5.74) is 0. The van der Waals surface area contributed by atoms with Crippen molar-refractivity contribution >= 4 is 0 Å². The molecule has 1 aliphatic heterocycles. The third-order valence-electron chi connectivity index (χ3n) is 0.540. The Morgan fingerprint density at radius 2 is 2.67 bits per heavy atom. The zero-order valence-corrected chi connectivity index (χ0v) is 3.16. The molecule has 34 valence electrons. The molecule has 0 amide bonds. The molecule has 1 N–H and O–H groups in total. The van der Waals surface area contributed by atoms with Gasteiger partial charge >= 0.3 is 0 Å². The topological polar surface area (TPSA) is 32.7 Å². The minimum Gasteiger partial charge on any atom is -0.388 e. The summed E-state index contributed by atoms with van der Waals surface area (Å²) in [6, 6.07) is 0. The van der Waals surface area contributed by atoms with Gasteiger partial charge in [0, 0.05) is 0 Å². The second-order valence-electron chi connectivity index (χ2n) is 1.01. The first kappa shape index (κ1) is 3.64. The fourth-order valence-corrected chi connectivity index (χ4v) is 0.290. The van der Waals surface area contributed by atoms with E-state index >= 15 is 0 Å². The van der Waals surface area contributed by atoms with E-state index < -0.39 is 0 Å². The molecule has 0 aliphatic carbocycles. The van der Waals surface area contributed by atoms with Crippen molar-refractivity contribution in [3.05, 3.63) is 12.3 Å². The molecule has 3 heteroatoms. The highest BCUT2D eigenvalue weighted by atomic mass is 16.9. The molecule has 0 radical (unpaired) electrons. The highest BCUT2D eigenvalue weighted by molar-refractivity contribution is 4.77. The van der Waals surface area contributed by atoms with Gasteiger partial charge < -0.3 is 4.84 Å². The molecular formula is C3H5NO2. The molecule has 1 heterocycles. The molecule has 0 spiro atoms. The lowest BCUT2D eigenvalue weighted by Crippen LogP contribution is -2.10. The van der Waals surface area contributed by atoms with Crippen molar-refractivity contribution in [2.75, 3.05) is 6.54 Å². The minimum atomic E-state index is 0.472. The highest BCUT2D eigenvalue weighted by Crippen LogP contribution is 1.93. The van der Waals surface area contributed by atoms with Gasteiger partial charge in [0.2, 0.25) is 0 Å². The summed E-state index contributed by atoms with van der Waals surface area (Å²) in [6.45, 7) is 0.472. The highest BCUT2D eigenvalue weighted by Gasteiger charge is 1.98. The maximum Gasteiger partial charge on any atom is 0.112 e. The van der Waals surface area contributed by atoms with Crippen molar-refractivity contribution < 1.29 is 10.0 Å². The van der Waals surface area contributed by atoms with Gasteiger partial charge in [0.1, 0.15) is 6.26 Å². The Kier molecular flexibility index (Phi) is 0.777. The van der Waals surface area contributed by atoms with Gasteiger partial charge in [-0.1, -0.05) is 0 Å². The lowest BCUT2D eigenvalue weighted by molar-refractivity contribution is -0.291. The van der Waals surface area contributed by atoms with Gasteiger partial charge in [0.05, 0.1) is 6.54 Å². The third-order valence-corrected chi connectivity index (χ3v) is 0.540. The van der Waals surface area contributed by atoms with Crippen LogP contribution >= 0.6 is 0 Å². The van der Waals surface area contributed by atoms with E-state index in [1.165, 1.54) is 6.26 Å². The van der Waals surface area contributed by atoms with Gasteiger partial charge in [0.25, 0.3) is 0 Å². The van der Waals surface area contributed by atoms with E-state index in [-0.39, 0.29) is 0 Å². The molecular weight excluding hydrogens is 82.0 g/mol. The van der Waals surface area contributed by atoms with E-state index in [1.54, 1.807) is 6.08 Å². The van der Waals surface area contributed by atoms with Crippen LogP contribution in [0.25, 0.3) is 0 Å². The largest absolute Gasteiger partial charge is 0.388 e. The van der Waals surface area contributed by atoms with Gasteiger partial charge in [0.15, 0.2) is 0 Å². The Morgan fingerprint density at radius 3 is 2.83 bits per heavy atom. The van der Waals surface area contributed by atoms with E-state index in [4.69, 9.17) is 5.21 Å². The zero-order chi connectivity index (χ0) is 4.41. The lowest BCUT2D eigenvalue weighted by Gasteiger charge is -1.99. The van der Waals surface area contributed by atoms with Crippen LogP contribution < -0.4 is 0 Å². The Labute approximate surface area is 35.3 Å². The van der Waals surface area contributed by atoms with Crippen molar-refractivity contribution in [1.82, 2.24) is 5.23 Å². The standard InChI is InChI=1S/C3H5NO2/c5-4-2-1-3-6-4/h1,3,5H,2H2. The van der Waals surface area contributed by atoms with Gasteiger partial charge in [-0.15, -0.1) is 0 Å². The van der Waals surface area contributed by atoms with Crippen LogP contribution in [0.15, 0.2) is 12.3 Å². The number of hydrogen-bond acceptors (Lipinski definition) is 3. The molecule has 0 atom stereocenters. The van der Waals surface area contributed by atoms with Crippen molar-refractivity contribution in [1.29, 1.82) is 0 Å². The van der Waals surface area contributed by atoms with Crippen molar-refractivity contribution in [3.63, 3.8) is 0 Å². The van der Waals surface area contributed by atoms with Crippen LogP contribution in [-0.4, -0.2) is 17.0 Å².